The van der Waals surface area contributed by atoms with Crippen LogP contribution in [0, 0.1) is 0 Å². The van der Waals surface area contributed by atoms with Crippen molar-refractivity contribution in [2.75, 3.05) is 25.6 Å². The third-order valence-electron chi connectivity index (χ3n) is 7.03. The lowest BCUT2D eigenvalue weighted by Gasteiger charge is -2.24. The van der Waals surface area contributed by atoms with Gasteiger partial charge in [0.15, 0.2) is 11.5 Å². The van der Waals surface area contributed by atoms with Gasteiger partial charge in [0.25, 0.3) is 0 Å². The molecule has 1 saturated heterocycles. The Morgan fingerprint density at radius 3 is 2.64 bits per heavy atom. The number of ether oxygens (including phenoxy) is 1. The van der Waals surface area contributed by atoms with Gasteiger partial charge >= 0.3 is 11.9 Å². The number of H-pyrrole nitrogens is 1. The van der Waals surface area contributed by atoms with E-state index in [0.29, 0.717) is 47.3 Å². The van der Waals surface area contributed by atoms with E-state index < -0.39 is 11.9 Å². The second-order valence-corrected chi connectivity index (χ2v) is 9.94. The van der Waals surface area contributed by atoms with Crippen LogP contribution in [0.15, 0.2) is 71.6 Å². The summed E-state index contributed by atoms with van der Waals surface area (Å²) in [6.45, 7) is 3.33. The highest BCUT2D eigenvalue weighted by molar-refractivity contribution is 5.76. The van der Waals surface area contributed by atoms with Crippen molar-refractivity contribution in [3.63, 3.8) is 0 Å². The van der Waals surface area contributed by atoms with E-state index in [1.807, 2.05) is 24.3 Å². The summed E-state index contributed by atoms with van der Waals surface area (Å²) in [5.74, 6) is 1.10. The number of aromatic nitrogens is 5. The minimum absolute atomic E-state index is 0.220. The van der Waals surface area contributed by atoms with Crippen LogP contribution in [-0.4, -0.2) is 61.9 Å². The van der Waals surface area contributed by atoms with E-state index in [4.69, 9.17) is 15.5 Å². The zero-order chi connectivity index (χ0) is 29.9. The second kappa shape index (κ2) is 12.1. The molecule has 0 unspecified atom stereocenters. The molecule has 13 heteroatoms. The highest BCUT2D eigenvalue weighted by Crippen LogP contribution is 2.27. The van der Waals surface area contributed by atoms with Gasteiger partial charge in [-0.25, -0.2) is 19.7 Å². The molecule has 0 atom stereocenters. The van der Waals surface area contributed by atoms with Gasteiger partial charge in [-0.1, -0.05) is 30.3 Å². The molecule has 1 aliphatic heterocycles. The van der Waals surface area contributed by atoms with Gasteiger partial charge in [0.2, 0.25) is 0 Å². The van der Waals surface area contributed by atoms with Crippen molar-refractivity contribution >= 4 is 22.7 Å². The van der Waals surface area contributed by atoms with E-state index >= 15 is 0 Å². The monoisotopic (exact) mass is 580 g/mol. The first-order valence-corrected chi connectivity index (χ1v) is 13.4. The molecule has 0 spiro atoms. The smallest absolute Gasteiger partial charge is 0.394 e. The lowest BCUT2D eigenvalue weighted by atomic mass is 10.1. The number of hydrogen-bond acceptors (Lipinski definition) is 8. The first kappa shape index (κ1) is 28.9. The normalized spacial score (nSPS) is 15.3. The van der Waals surface area contributed by atoms with Gasteiger partial charge in [0.05, 0.1) is 18.3 Å². The summed E-state index contributed by atoms with van der Waals surface area (Å²) in [7, 11) is 1.50. The van der Waals surface area contributed by atoms with E-state index in [1.165, 1.54) is 16.5 Å². The predicted octanol–water partition coefficient (Wildman–Crippen LogP) is 4.48. The van der Waals surface area contributed by atoms with Crippen LogP contribution in [-0.2, 0) is 11.3 Å². The Morgan fingerprint density at radius 1 is 1.21 bits per heavy atom. The maximum Gasteiger partial charge on any atom is 0.432 e. The van der Waals surface area contributed by atoms with Gasteiger partial charge in [-0.3, -0.25) is 4.57 Å². The number of imidazole rings is 1. The molecule has 0 bridgehead atoms. The number of allylic oxidation sites excluding steroid dienone is 2. The molecule has 4 N–H and O–H groups in total. The molecule has 1 aromatic carbocycles. The number of anilines is 1. The zero-order valence-corrected chi connectivity index (χ0v) is 23.2. The highest BCUT2D eigenvalue weighted by Gasteiger charge is 2.32. The molecule has 0 amide bonds. The molecule has 4 heterocycles. The van der Waals surface area contributed by atoms with Gasteiger partial charge in [-0.15, -0.1) is 0 Å². The van der Waals surface area contributed by atoms with Crippen LogP contribution in [0.5, 0.6) is 0 Å². The molecule has 1 aliphatic rings. The van der Waals surface area contributed by atoms with Crippen molar-refractivity contribution < 1.29 is 17.9 Å². The van der Waals surface area contributed by atoms with Crippen molar-refractivity contribution in [3.8, 4) is 11.4 Å². The number of fused-ring (bicyclic) bond motifs is 1. The number of rotatable bonds is 8. The summed E-state index contributed by atoms with van der Waals surface area (Å²) in [5.41, 5.74) is 7.34. The maximum absolute atomic E-state index is 12.9. The zero-order valence-electron chi connectivity index (χ0n) is 23.2. The Kier molecular flexibility index (Phi) is 8.29. The fourth-order valence-electron chi connectivity index (χ4n) is 4.85. The van der Waals surface area contributed by atoms with Crippen LogP contribution in [0.25, 0.3) is 28.2 Å². The first-order valence-electron chi connectivity index (χ1n) is 13.4. The minimum Gasteiger partial charge on any atom is -0.394 e. The van der Waals surface area contributed by atoms with Crippen molar-refractivity contribution in [1.82, 2.24) is 29.4 Å². The predicted molar refractivity (Wildman–Crippen MR) is 154 cm³/mol. The van der Waals surface area contributed by atoms with Gasteiger partial charge in [0.1, 0.15) is 17.0 Å². The topological polar surface area (TPSA) is 127 Å². The maximum atomic E-state index is 12.9. The molecule has 5 rings (SSSR count). The van der Waals surface area contributed by atoms with Gasteiger partial charge < -0.3 is 25.7 Å². The summed E-state index contributed by atoms with van der Waals surface area (Å²) in [4.78, 5) is 30.8. The number of nitrogens with two attached hydrogens (primary N) is 1. The lowest BCUT2D eigenvalue weighted by molar-refractivity contribution is -0.0934. The first-order chi connectivity index (χ1) is 20.1. The number of halogens is 3. The Morgan fingerprint density at radius 2 is 1.95 bits per heavy atom. The van der Waals surface area contributed by atoms with Gasteiger partial charge in [-0.05, 0) is 43.0 Å². The molecular weight excluding hydrogens is 549 g/mol. The Hall–Kier alpha value is -4.65. The molecule has 3 aromatic heterocycles. The van der Waals surface area contributed by atoms with E-state index in [1.54, 1.807) is 37.5 Å². The summed E-state index contributed by atoms with van der Waals surface area (Å²) in [5, 5.41) is 3.48. The molecule has 0 saturated carbocycles. The summed E-state index contributed by atoms with van der Waals surface area (Å²) in [6, 6.07) is 11.1. The van der Waals surface area contributed by atoms with Crippen LogP contribution >= 0.6 is 0 Å². The van der Waals surface area contributed by atoms with Crippen LogP contribution < -0.4 is 16.7 Å². The van der Waals surface area contributed by atoms with Crippen LogP contribution in [0.3, 0.4) is 0 Å². The minimum atomic E-state index is -4.62. The highest BCUT2D eigenvalue weighted by atomic mass is 19.4. The van der Waals surface area contributed by atoms with E-state index in [9.17, 15) is 18.0 Å². The van der Waals surface area contributed by atoms with Crippen LogP contribution in [0.1, 0.15) is 30.9 Å². The Bertz CT molecular complexity index is 1670. The van der Waals surface area contributed by atoms with E-state index in [2.05, 4.69) is 20.3 Å². The number of aromatic amines is 1. The third-order valence-corrected chi connectivity index (χ3v) is 7.03. The van der Waals surface area contributed by atoms with Crippen molar-refractivity contribution in [2.45, 2.75) is 38.5 Å². The molecule has 1 fully saturated rings. The number of alkyl halides is 3. The molecule has 0 radical (unpaired) electrons. The van der Waals surface area contributed by atoms with Crippen molar-refractivity contribution in [1.29, 1.82) is 0 Å². The van der Waals surface area contributed by atoms with Gasteiger partial charge in [-0.2, -0.15) is 13.2 Å². The average molecular weight is 581 g/mol. The largest absolute Gasteiger partial charge is 0.432 e. The Labute approximate surface area is 239 Å². The lowest BCUT2D eigenvalue weighted by Crippen LogP contribution is -2.28. The fraction of sp³-hybridized carbons (Fsp3) is 0.310. The van der Waals surface area contributed by atoms with Gasteiger partial charge in [0, 0.05) is 44.4 Å². The SMILES string of the molecule is C/C=C(/c1ccc(Cn2c(=O)[nH]c3cnc(-c4cccnc4NC4CCOCC4)nc32)cc1)N(C)/C=C(\N)C(F)(F)F. The van der Waals surface area contributed by atoms with E-state index in [0.717, 1.165) is 30.2 Å². The van der Waals surface area contributed by atoms with Crippen LogP contribution in [0.4, 0.5) is 19.0 Å². The number of hydrogen-bond donors (Lipinski definition) is 3. The molecule has 0 aliphatic carbocycles. The standard InChI is InChI=1S/C29H31F3N8O2/c1-3-23(39(2)17-24(33)29(30,31)32)19-8-6-18(7-9-19)16-40-27-22(37-28(40)41)15-35-26(38-27)21-5-4-12-34-25(21)36-20-10-13-42-14-11-20/h3-9,12,15,17,20H,10-11,13-14,16,33H2,1-2H3,(H,34,36)(H,37,41)/b23-3-,24-17-. The average Bonchev–Trinajstić information content (AvgIpc) is 3.28. The number of pyridine rings is 1. The second-order valence-electron chi connectivity index (χ2n) is 9.94. The number of nitrogens with zero attached hydrogens (tertiary/aromatic N) is 5. The van der Waals surface area contributed by atoms with Crippen LogP contribution in [0.2, 0.25) is 0 Å². The molecule has 10 nitrogen and oxygen atoms in total. The quantitative estimate of drug-likeness (QED) is 0.279. The molecule has 42 heavy (non-hydrogen) atoms. The fourth-order valence-corrected chi connectivity index (χ4v) is 4.85. The number of benzene rings is 1. The number of nitrogens with one attached hydrogen (secondary N) is 2. The van der Waals surface area contributed by atoms with Crippen molar-refractivity contribution in [2.24, 2.45) is 5.73 Å². The molecular formula is C29H31F3N8O2. The summed E-state index contributed by atoms with van der Waals surface area (Å²) in [6.07, 6.45) is 2.95. The molecule has 4 aromatic rings. The summed E-state index contributed by atoms with van der Waals surface area (Å²) >= 11 is 0. The Balaban J connectivity index is 1.40. The summed E-state index contributed by atoms with van der Waals surface area (Å²) < 4.78 is 45.7. The third kappa shape index (κ3) is 6.30. The molecule has 220 valence electrons. The van der Waals surface area contributed by atoms with E-state index in [-0.39, 0.29) is 18.3 Å². The van der Waals surface area contributed by atoms with Crippen molar-refractivity contribution in [3.05, 3.63) is 88.4 Å².